The molecule has 1 aromatic rings. The van der Waals surface area contributed by atoms with Crippen LogP contribution < -0.4 is 5.32 Å². The second kappa shape index (κ2) is 5.13. The monoisotopic (exact) mass is 258 g/mol. The highest BCUT2D eigenvalue weighted by molar-refractivity contribution is 7.05. The van der Waals surface area contributed by atoms with Gasteiger partial charge in [0.05, 0.1) is 4.88 Å². The summed E-state index contributed by atoms with van der Waals surface area (Å²) in [6.07, 6.45) is 0.713. The van der Waals surface area contributed by atoms with Crippen molar-refractivity contribution < 1.29 is 19.4 Å². The maximum atomic E-state index is 11.5. The van der Waals surface area contributed by atoms with Gasteiger partial charge < -0.3 is 15.2 Å². The minimum Gasteiger partial charge on any atom is -0.479 e. The predicted octanol–water partition coefficient (Wildman–Crippen LogP) is 1.79. The summed E-state index contributed by atoms with van der Waals surface area (Å²) in [5.74, 6) is -1.15. The average molecular weight is 258 g/mol. The van der Waals surface area contributed by atoms with Crippen LogP contribution >= 0.6 is 11.5 Å². The maximum Gasteiger partial charge on any atom is 0.408 e. The Morgan fingerprint density at radius 2 is 2.18 bits per heavy atom. The molecule has 0 spiro atoms. The van der Waals surface area contributed by atoms with Crippen LogP contribution in [-0.4, -0.2) is 27.1 Å². The molecule has 1 unspecified atom stereocenters. The van der Waals surface area contributed by atoms with Gasteiger partial charge in [0.1, 0.15) is 5.60 Å². The lowest BCUT2D eigenvalue weighted by atomic mass is 10.2. The zero-order valence-corrected chi connectivity index (χ0v) is 10.6. The summed E-state index contributed by atoms with van der Waals surface area (Å²) in [6, 6.07) is 0.415. The summed E-state index contributed by atoms with van der Waals surface area (Å²) in [5, 5.41) is 11.3. The normalized spacial score (nSPS) is 12.9. The highest BCUT2D eigenvalue weighted by Crippen LogP contribution is 2.17. The molecule has 0 radical (unpaired) electrons. The molecular weight excluding hydrogens is 244 g/mol. The fourth-order valence-corrected chi connectivity index (χ4v) is 1.68. The van der Waals surface area contributed by atoms with Crippen LogP contribution in [0.5, 0.6) is 0 Å². The van der Waals surface area contributed by atoms with Crippen LogP contribution in [0.2, 0.25) is 0 Å². The van der Waals surface area contributed by atoms with E-state index in [0.717, 1.165) is 11.5 Å². The third kappa shape index (κ3) is 4.39. The van der Waals surface area contributed by atoms with Gasteiger partial charge in [0.2, 0.25) is 0 Å². The molecule has 0 aliphatic carbocycles. The van der Waals surface area contributed by atoms with E-state index in [1.54, 1.807) is 26.8 Å². The summed E-state index contributed by atoms with van der Waals surface area (Å²) in [7, 11) is 0. The van der Waals surface area contributed by atoms with Gasteiger partial charge in [0.25, 0.3) is 0 Å². The molecule has 17 heavy (non-hydrogen) atoms. The Hall–Kier alpha value is -1.63. The van der Waals surface area contributed by atoms with Crippen LogP contribution in [-0.2, 0) is 9.53 Å². The van der Waals surface area contributed by atoms with Crippen molar-refractivity contribution >= 4 is 23.6 Å². The van der Waals surface area contributed by atoms with Crippen LogP contribution in [0.1, 0.15) is 31.7 Å². The van der Waals surface area contributed by atoms with Crippen molar-refractivity contribution in [1.82, 2.24) is 9.69 Å². The molecule has 6 nitrogen and oxygen atoms in total. The Kier molecular flexibility index (Phi) is 4.06. The van der Waals surface area contributed by atoms with E-state index >= 15 is 0 Å². The number of rotatable bonds is 3. The number of nitrogens with one attached hydrogen (secondary N) is 1. The predicted molar refractivity (Wildman–Crippen MR) is 61.9 cm³/mol. The quantitative estimate of drug-likeness (QED) is 0.862. The van der Waals surface area contributed by atoms with Crippen molar-refractivity contribution in [2.45, 2.75) is 32.4 Å². The first-order valence-electron chi connectivity index (χ1n) is 4.92. The Morgan fingerprint density at radius 1 is 1.53 bits per heavy atom. The molecule has 0 saturated heterocycles. The fourth-order valence-electron chi connectivity index (χ4n) is 1.05. The first-order valence-corrected chi connectivity index (χ1v) is 5.70. The second-order valence-electron chi connectivity index (χ2n) is 4.33. The zero-order valence-electron chi connectivity index (χ0n) is 9.76. The number of carboxylic acids is 1. The Bertz CT molecular complexity index is 397. The average Bonchev–Trinajstić information content (AvgIpc) is 2.63. The first kappa shape index (κ1) is 13.4. The van der Waals surface area contributed by atoms with E-state index in [1.165, 1.54) is 6.20 Å². The van der Waals surface area contributed by atoms with E-state index in [-0.39, 0.29) is 0 Å². The first-order chi connectivity index (χ1) is 7.79. The number of hydrogen-bond donors (Lipinski definition) is 2. The molecule has 7 heteroatoms. The minimum absolute atomic E-state index is 0.448. The largest absolute Gasteiger partial charge is 0.479 e. The molecule has 1 atom stereocenters. The van der Waals surface area contributed by atoms with Crippen molar-refractivity contribution in [2.24, 2.45) is 0 Å². The molecule has 0 fully saturated rings. The van der Waals surface area contributed by atoms with Gasteiger partial charge in [-0.05, 0) is 38.4 Å². The molecule has 0 aliphatic heterocycles. The smallest absolute Gasteiger partial charge is 0.408 e. The van der Waals surface area contributed by atoms with Gasteiger partial charge in [-0.3, -0.25) is 0 Å². The molecule has 0 aliphatic rings. The van der Waals surface area contributed by atoms with E-state index in [9.17, 15) is 9.59 Å². The Morgan fingerprint density at radius 3 is 2.59 bits per heavy atom. The molecule has 1 aromatic heterocycles. The molecule has 0 bridgehead atoms. The number of amides is 1. The maximum absolute atomic E-state index is 11.5. The van der Waals surface area contributed by atoms with Crippen molar-refractivity contribution in [3.63, 3.8) is 0 Å². The van der Waals surface area contributed by atoms with Gasteiger partial charge in [-0.2, -0.15) is 0 Å². The third-order valence-corrected chi connectivity index (χ3v) is 2.46. The van der Waals surface area contributed by atoms with Crippen LogP contribution in [0.4, 0.5) is 4.79 Å². The number of alkyl carbamates (subject to hydrolysis) is 1. The van der Waals surface area contributed by atoms with E-state index in [0.29, 0.717) is 4.88 Å². The third-order valence-electron chi connectivity index (χ3n) is 1.65. The second-order valence-corrected chi connectivity index (χ2v) is 5.20. The lowest BCUT2D eigenvalue weighted by molar-refractivity contribution is -0.139. The summed E-state index contributed by atoms with van der Waals surface area (Å²) in [5.41, 5.74) is -0.666. The molecular formula is C10H14N2O4S. The van der Waals surface area contributed by atoms with Gasteiger partial charge in [-0.1, -0.05) is 0 Å². The molecule has 1 heterocycles. The number of aromatic nitrogens is 1. The highest BCUT2D eigenvalue weighted by Gasteiger charge is 2.26. The van der Waals surface area contributed by atoms with Crippen molar-refractivity contribution in [3.05, 3.63) is 17.1 Å². The van der Waals surface area contributed by atoms with E-state index < -0.39 is 23.7 Å². The van der Waals surface area contributed by atoms with Gasteiger partial charge in [0.15, 0.2) is 6.04 Å². The standard InChI is InChI=1S/C10H14N2O4S/c1-10(2,3)16-9(15)12-7(8(13)14)6-4-5-11-17-6/h4-5,7H,1-3H3,(H,12,15)(H,13,14). The Balaban J connectivity index is 2.69. The van der Waals surface area contributed by atoms with Gasteiger partial charge >= 0.3 is 12.1 Å². The molecule has 94 valence electrons. The Labute approximate surface area is 103 Å². The van der Waals surface area contributed by atoms with Crippen LogP contribution in [0, 0.1) is 0 Å². The van der Waals surface area contributed by atoms with E-state index in [1.807, 2.05) is 0 Å². The van der Waals surface area contributed by atoms with Crippen molar-refractivity contribution in [2.75, 3.05) is 0 Å². The number of carbonyl (C=O) groups is 2. The molecule has 0 saturated carbocycles. The van der Waals surface area contributed by atoms with Crippen LogP contribution in [0.3, 0.4) is 0 Å². The van der Waals surface area contributed by atoms with Crippen molar-refractivity contribution in [3.8, 4) is 0 Å². The molecule has 0 aromatic carbocycles. The number of aliphatic carboxylic acids is 1. The number of carboxylic acid groups (broad SMARTS) is 1. The van der Waals surface area contributed by atoms with Crippen LogP contribution in [0.15, 0.2) is 12.3 Å². The summed E-state index contributed by atoms with van der Waals surface area (Å²) in [6.45, 7) is 5.11. The zero-order chi connectivity index (χ0) is 13.1. The topological polar surface area (TPSA) is 88.5 Å². The molecule has 1 amide bonds. The number of ether oxygens (including phenoxy) is 1. The summed E-state index contributed by atoms with van der Waals surface area (Å²) < 4.78 is 8.78. The van der Waals surface area contributed by atoms with E-state index in [2.05, 4.69) is 9.69 Å². The lowest BCUT2D eigenvalue weighted by Gasteiger charge is -2.21. The SMILES string of the molecule is CC(C)(C)OC(=O)NC(C(=O)O)c1ccns1. The minimum atomic E-state index is -1.15. The van der Waals surface area contributed by atoms with Crippen LogP contribution in [0.25, 0.3) is 0 Å². The van der Waals surface area contributed by atoms with E-state index in [4.69, 9.17) is 9.84 Å². The molecule has 2 N–H and O–H groups in total. The summed E-state index contributed by atoms with van der Waals surface area (Å²) in [4.78, 5) is 22.9. The number of carbonyl (C=O) groups excluding carboxylic acids is 1. The van der Waals surface area contributed by atoms with Gasteiger partial charge in [-0.25, -0.2) is 14.0 Å². The van der Waals surface area contributed by atoms with Crippen molar-refractivity contribution in [1.29, 1.82) is 0 Å². The lowest BCUT2D eigenvalue weighted by Crippen LogP contribution is -2.37. The number of nitrogens with zero attached hydrogens (tertiary/aromatic N) is 1. The number of hydrogen-bond acceptors (Lipinski definition) is 5. The van der Waals surface area contributed by atoms with Gasteiger partial charge in [0, 0.05) is 6.20 Å². The molecule has 1 rings (SSSR count). The van der Waals surface area contributed by atoms with Gasteiger partial charge in [-0.15, -0.1) is 0 Å². The fraction of sp³-hybridized carbons (Fsp3) is 0.500. The summed E-state index contributed by atoms with van der Waals surface area (Å²) >= 11 is 1.02. The highest BCUT2D eigenvalue weighted by atomic mass is 32.1.